The van der Waals surface area contributed by atoms with Crippen molar-refractivity contribution in [3.63, 3.8) is 0 Å². The fourth-order valence-electron chi connectivity index (χ4n) is 3.70. The molecule has 3 nitrogen and oxygen atoms in total. The van der Waals surface area contributed by atoms with Gasteiger partial charge in [0.05, 0.1) is 11.0 Å². The van der Waals surface area contributed by atoms with Crippen molar-refractivity contribution in [2.24, 2.45) is 0 Å². The van der Waals surface area contributed by atoms with E-state index in [2.05, 4.69) is 30.7 Å². The Hall–Kier alpha value is -1.42. The average molecular weight is 289 g/mol. The molecule has 0 aliphatic carbocycles. The quantitative estimate of drug-likeness (QED) is 0.928. The minimum Gasteiger partial charge on any atom is -0.325 e. The van der Waals surface area contributed by atoms with Crippen molar-refractivity contribution in [2.75, 3.05) is 13.1 Å². The van der Waals surface area contributed by atoms with Gasteiger partial charge in [-0.05, 0) is 51.4 Å². The molecule has 1 saturated heterocycles. The molecule has 1 aromatic heterocycles. The highest BCUT2D eigenvalue weighted by atomic mass is 19.1. The Balaban J connectivity index is 2.23. The first-order chi connectivity index (χ1) is 10.1. The summed E-state index contributed by atoms with van der Waals surface area (Å²) < 4.78 is 15.9. The third kappa shape index (κ3) is 2.35. The summed E-state index contributed by atoms with van der Waals surface area (Å²) in [5.41, 5.74) is 1.92. The van der Waals surface area contributed by atoms with Gasteiger partial charge >= 0.3 is 0 Å². The number of hydrogen-bond donors (Lipinski definition) is 1. The van der Waals surface area contributed by atoms with E-state index in [-0.39, 0.29) is 17.3 Å². The van der Waals surface area contributed by atoms with E-state index in [1.54, 1.807) is 12.1 Å². The van der Waals surface area contributed by atoms with Gasteiger partial charge in [0.25, 0.3) is 0 Å². The molecule has 2 heterocycles. The van der Waals surface area contributed by atoms with E-state index >= 15 is 0 Å². The van der Waals surface area contributed by atoms with E-state index in [0.29, 0.717) is 0 Å². The monoisotopic (exact) mass is 289 g/mol. The van der Waals surface area contributed by atoms with E-state index in [0.717, 1.165) is 49.2 Å². The number of benzene rings is 1. The molecule has 0 saturated carbocycles. The molecule has 1 N–H and O–H groups in total. The summed E-state index contributed by atoms with van der Waals surface area (Å²) in [6.07, 6.45) is 3.37. The Morgan fingerprint density at radius 1 is 1.43 bits per heavy atom. The van der Waals surface area contributed by atoms with Gasteiger partial charge in [-0.15, -0.1) is 0 Å². The number of aromatic nitrogens is 2. The second kappa shape index (κ2) is 5.41. The van der Waals surface area contributed by atoms with Gasteiger partial charge in [0.2, 0.25) is 0 Å². The summed E-state index contributed by atoms with van der Waals surface area (Å²) in [5, 5.41) is 3.49. The van der Waals surface area contributed by atoms with Crippen LogP contribution < -0.4 is 5.32 Å². The zero-order valence-corrected chi connectivity index (χ0v) is 13.1. The normalized spacial score (nSPS) is 22.5. The zero-order valence-electron chi connectivity index (χ0n) is 13.1. The number of nitrogens with one attached hydrogen (secondary N) is 1. The molecule has 2 aromatic rings. The Kier molecular flexibility index (Phi) is 3.74. The number of hydrogen-bond acceptors (Lipinski definition) is 2. The van der Waals surface area contributed by atoms with Crippen LogP contribution in [0, 0.1) is 5.82 Å². The van der Waals surface area contributed by atoms with Crippen LogP contribution in [0.5, 0.6) is 0 Å². The molecule has 1 aliphatic heterocycles. The van der Waals surface area contributed by atoms with Gasteiger partial charge in [0.15, 0.2) is 0 Å². The molecule has 1 aromatic carbocycles. The average Bonchev–Trinajstić information content (AvgIpc) is 3.03. The van der Waals surface area contributed by atoms with Gasteiger partial charge in [-0.3, -0.25) is 0 Å². The SMILES string of the molecule is CCCC1(c2nc3ccc(F)cc3n2C(C)C)CCNC1. The molecule has 21 heavy (non-hydrogen) atoms. The molecular weight excluding hydrogens is 265 g/mol. The lowest BCUT2D eigenvalue weighted by Gasteiger charge is -2.29. The van der Waals surface area contributed by atoms with Gasteiger partial charge in [-0.1, -0.05) is 13.3 Å². The van der Waals surface area contributed by atoms with Crippen molar-refractivity contribution in [3.05, 3.63) is 29.8 Å². The Morgan fingerprint density at radius 3 is 2.86 bits per heavy atom. The van der Waals surface area contributed by atoms with Crippen LogP contribution in [0.3, 0.4) is 0 Å². The maximum Gasteiger partial charge on any atom is 0.125 e. The summed E-state index contributed by atoms with van der Waals surface area (Å²) in [5.74, 6) is 0.940. The maximum atomic E-state index is 13.7. The third-order valence-electron chi connectivity index (χ3n) is 4.61. The number of nitrogens with zero attached hydrogens (tertiary/aromatic N) is 2. The molecule has 114 valence electrons. The van der Waals surface area contributed by atoms with Crippen LogP contribution >= 0.6 is 0 Å². The van der Waals surface area contributed by atoms with E-state index in [4.69, 9.17) is 4.98 Å². The standard InChI is InChI=1S/C17H24FN3/c1-4-7-17(8-9-19-11-17)16-20-14-6-5-13(18)10-15(14)21(16)12(2)3/h5-6,10,12,19H,4,7-9,11H2,1-3H3. The number of imidazole rings is 1. The van der Waals surface area contributed by atoms with Gasteiger partial charge < -0.3 is 9.88 Å². The molecule has 0 bridgehead atoms. The van der Waals surface area contributed by atoms with Gasteiger partial charge in [-0.25, -0.2) is 9.37 Å². The highest BCUT2D eigenvalue weighted by Crippen LogP contribution is 2.38. The van der Waals surface area contributed by atoms with E-state index in [9.17, 15) is 4.39 Å². The second-order valence-corrected chi connectivity index (χ2v) is 6.49. The van der Waals surface area contributed by atoms with Crippen molar-refractivity contribution in [3.8, 4) is 0 Å². The van der Waals surface area contributed by atoms with Crippen LogP contribution in [0.4, 0.5) is 4.39 Å². The van der Waals surface area contributed by atoms with E-state index in [1.807, 2.05) is 0 Å². The van der Waals surface area contributed by atoms with Crippen molar-refractivity contribution in [2.45, 2.75) is 51.5 Å². The smallest absolute Gasteiger partial charge is 0.125 e. The number of rotatable bonds is 4. The number of fused-ring (bicyclic) bond motifs is 1. The highest BCUT2D eigenvalue weighted by Gasteiger charge is 2.39. The van der Waals surface area contributed by atoms with Gasteiger partial charge in [0, 0.05) is 18.0 Å². The lowest BCUT2D eigenvalue weighted by molar-refractivity contribution is 0.376. The van der Waals surface area contributed by atoms with Gasteiger partial charge in [-0.2, -0.15) is 0 Å². The molecular formula is C17H24FN3. The molecule has 1 unspecified atom stereocenters. The summed E-state index contributed by atoms with van der Waals surface area (Å²) in [6.45, 7) is 8.53. The van der Waals surface area contributed by atoms with Crippen molar-refractivity contribution >= 4 is 11.0 Å². The molecule has 0 radical (unpaired) electrons. The summed E-state index contributed by atoms with van der Waals surface area (Å²) in [7, 11) is 0. The first-order valence-corrected chi connectivity index (χ1v) is 7.96. The zero-order chi connectivity index (χ0) is 15.0. The minimum absolute atomic E-state index is 0.0918. The summed E-state index contributed by atoms with van der Waals surface area (Å²) in [6, 6.07) is 5.20. The Bertz CT molecular complexity index is 639. The molecule has 4 heteroatoms. The van der Waals surface area contributed by atoms with Crippen LogP contribution in [0.25, 0.3) is 11.0 Å². The molecule has 0 spiro atoms. The molecule has 3 rings (SSSR count). The van der Waals surface area contributed by atoms with Crippen LogP contribution in [-0.2, 0) is 5.41 Å². The Labute approximate surface area is 125 Å². The van der Waals surface area contributed by atoms with Gasteiger partial charge in [0.1, 0.15) is 11.6 Å². The van der Waals surface area contributed by atoms with E-state index < -0.39 is 0 Å². The summed E-state index contributed by atoms with van der Waals surface area (Å²) in [4.78, 5) is 4.90. The first-order valence-electron chi connectivity index (χ1n) is 7.96. The molecule has 1 atom stereocenters. The molecule has 1 fully saturated rings. The predicted octanol–water partition coefficient (Wildman–Crippen LogP) is 3.79. The van der Waals surface area contributed by atoms with Crippen LogP contribution in [0.2, 0.25) is 0 Å². The lowest BCUT2D eigenvalue weighted by Crippen LogP contribution is -2.33. The minimum atomic E-state index is -0.190. The van der Waals surface area contributed by atoms with E-state index in [1.165, 1.54) is 6.07 Å². The van der Waals surface area contributed by atoms with Crippen molar-refractivity contribution < 1.29 is 4.39 Å². The predicted molar refractivity (Wildman–Crippen MR) is 84.1 cm³/mol. The maximum absolute atomic E-state index is 13.7. The van der Waals surface area contributed by atoms with Crippen molar-refractivity contribution in [1.82, 2.24) is 14.9 Å². The van der Waals surface area contributed by atoms with Crippen LogP contribution in [0.15, 0.2) is 18.2 Å². The van der Waals surface area contributed by atoms with Crippen LogP contribution in [0.1, 0.15) is 51.9 Å². The highest BCUT2D eigenvalue weighted by molar-refractivity contribution is 5.76. The first kappa shape index (κ1) is 14.5. The summed E-state index contributed by atoms with van der Waals surface area (Å²) >= 11 is 0. The fourth-order valence-corrected chi connectivity index (χ4v) is 3.70. The van der Waals surface area contributed by atoms with Crippen molar-refractivity contribution in [1.29, 1.82) is 0 Å². The topological polar surface area (TPSA) is 29.9 Å². The molecule has 0 amide bonds. The molecule has 1 aliphatic rings. The fraction of sp³-hybridized carbons (Fsp3) is 0.588. The lowest BCUT2D eigenvalue weighted by atomic mass is 9.81. The largest absolute Gasteiger partial charge is 0.325 e. The Morgan fingerprint density at radius 2 is 2.24 bits per heavy atom. The number of halogens is 1. The second-order valence-electron chi connectivity index (χ2n) is 6.49. The van der Waals surface area contributed by atoms with Crippen LogP contribution in [-0.4, -0.2) is 22.6 Å². The third-order valence-corrected chi connectivity index (χ3v) is 4.61.